The van der Waals surface area contributed by atoms with Crippen molar-refractivity contribution < 1.29 is 14.4 Å². The van der Waals surface area contributed by atoms with Crippen molar-refractivity contribution in [2.75, 3.05) is 11.6 Å². The zero-order valence-electron chi connectivity index (χ0n) is 15.0. The number of carbonyl (C=O) groups is 3. The van der Waals surface area contributed by atoms with Crippen LogP contribution in [0.25, 0.3) is 0 Å². The standard InChI is InChI=1S/C22H14BrClN2O3/c23-15-7-5-14(6-8-15)20(27)25(17-11-9-16(24)10-12-17)13-26-21(28)18-3-1-2-4-19(18)22(26)29/h1-12H,13H2. The summed E-state index contributed by atoms with van der Waals surface area (Å²) in [6.07, 6.45) is 0. The Morgan fingerprint density at radius 1 is 0.862 bits per heavy atom. The molecule has 1 aliphatic rings. The molecule has 0 fully saturated rings. The molecule has 1 heterocycles. The van der Waals surface area contributed by atoms with Crippen LogP contribution < -0.4 is 4.90 Å². The summed E-state index contributed by atoms with van der Waals surface area (Å²) in [5, 5.41) is 0.519. The van der Waals surface area contributed by atoms with Gasteiger partial charge in [0, 0.05) is 20.7 Å². The first kappa shape index (κ1) is 19.4. The molecule has 0 bridgehead atoms. The van der Waals surface area contributed by atoms with Crippen molar-refractivity contribution in [3.05, 3.63) is 99.0 Å². The van der Waals surface area contributed by atoms with E-state index in [4.69, 9.17) is 11.6 Å². The fourth-order valence-electron chi connectivity index (χ4n) is 3.14. The highest BCUT2D eigenvalue weighted by atomic mass is 79.9. The van der Waals surface area contributed by atoms with Crippen LogP contribution in [-0.4, -0.2) is 29.3 Å². The second-order valence-electron chi connectivity index (χ2n) is 6.44. The van der Waals surface area contributed by atoms with Crippen molar-refractivity contribution in [1.82, 2.24) is 4.90 Å². The van der Waals surface area contributed by atoms with Crippen LogP contribution >= 0.6 is 27.5 Å². The van der Waals surface area contributed by atoms with Gasteiger partial charge in [-0.2, -0.15) is 0 Å². The minimum atomic E-state index is -0.423. The molecule has 3 amide bonds. The van der Waals surface area contributed by atoms with E-state index >= 15 is 0 Å². The first-order chi connectivity index (χ1) is 14.0. The fraction of sp³-hybridized carbons (Fsp3) is 0.0455. The number of anilines is 1. The van der Waals surface area contributed by atoms with Crippen LogP contribution in [-0.2, 0) is 0 Å². The van der Waals surface area contributed by atoms with Gasteiger partial charge in [0.25, 0.3) is 17.7 Å². The third kappa shape index (κ3) is 3.69. The number of benzene rings is 3. The van der Waals surface area contributed by atoms with Gasteiger partial charge in [-0.3, -0.25) is 24.2 Å². The molecular weight excluding hydrogens is 456 g/mol. The second kappa shape index (κ2) is 7.81. The van der Waals surface area contributed by atoms with E-state index in [-0.39, 0.29) is 12.6 Å². The van der Waals surface area contributed by atoms with Crippen molar-refractivity contribution in [2.24, 2.45) is 0 Å². The van der Waals surface area contributed by atoms with Gasteiger partial charge in [0.1, 0.15) is 6.67 Å². The van der Waals surface area contributed by atoms with Gasteiger partial charge < -0.3 is 0 Å². The normalized spacial score (nSPS) is 12.8. The lowest BCUT2D eigenvalue weighted by Gasteiger charge is -2.27. The minimum absolute atomic E-state index is 0.205. The lowest BCUT2D eigenvalue weighted by molar-refractivity contribution is 0.0650. The van der Waals surface area contributed by atoms with Gasteiger partial charge in [-0.1, -0.05) is 39.7 Å². The molecule has 0 atom stereocenters. The molecule has 3 aromatic rings. The number of hydrogen-bond donors (Lipinski definition) is 0. The number of imide groups is 1. The van der Waals surface area contributed by atoms with Gasteiger partial charge in [0.2, 0.25) is 0 Å². The van der Waals surface area contributed by atoms with Gasteiger partial charge >= 0.3 is 0 Å². The molecule has 0 aromatic heterocycles. The summed E-state index contributed by atoms with van der Waals surface area (Å²) in [6, 6.07) is 20.2. The van der Waals surface area contributed by atoms with Crippen molar-refractivity contribution in [3.63, 3.8) is 0 Å². The maximum Gasteiger partial charge on any atom is 0.263 e. The summed E-state index contributed by atoms with van der Waals surface area (Å²) in [6.45, 7) is -0.205. The SMILES string of the molecule is O=C1c2ccccc2C(=O)N1CN(C(=O)c1ccc(Br)cc1)c1ccc(Cl)cc1. The summed E-state index contributed by atoms with van der Waals surface area (Å²) < 4.78 is 0.840. The molecule has 0 radical (unpaired) electrons. The maximum atomic E-state index is 13.2. The Kier molecular flexibility index (Phi) is 5.22. The van der Waals surface area contributed by atoms with Crippen molar-refractivity contribution >= 4 is 50.9 Å². The van der Waals surface area contributed by atoms with E-state index in [0.29, 0.717) is 27.4 Å². The largest absolute Gasteiger partial charge is 0.290 e. The van der Waals surface area contributed by atoms with Crippen LogP contribution in [0.1, 0.15) is 31.1 Å². The molecule has 3 aromatic carbocycles. The quantitative estimate of drug-likeness (QED) is 0.505. The van der Waals surface area contributed by atoms with Gasteiger partial charge in [0.05, 0.1) is 11.1 Å². The van der Waals surface area contributed by atoms with Crippen LogP contribution in [0.5, 0.6) is 0 Å². The van der Waals surface area contributed by atoms with Crippen molar-refractivity contribution in [3.8, 4) is 0 Å². The smallest absolute Gasteiger partial charge is 0.263 e. The summed E-state index contributed by atoms with van der Waals surface area (Å²) >= 11 is 9.33. The first-order valence-electron chi connectivity index (χ1n) is 8.74. The van der Waals surface area contributed by atoms with Crippen molar-refractivity contribution in [1.29, 1.82) is 0 Å². The van der Waals surface area contributed by atoms with Crippen LogP contribution in [0.3, 0.4) is 0 Å². The molecule has 1 aliphatic heterocycles. The van der Waals surface area contributed by atoms with Crippen LogP contribution in [0, 0.1) is 0 Å². The number of carbonyl (C=O) groups excluding carboxylic acids is 3. The molecule has 29 heavy (non-hydrogen) atoms. The van der Waals surface area contributed by atoms with Gasteiger partial charge in [-0.05, 0) is 60.7 Å². The van der Waals surface area contributed by atoms with E-state index in [0.717, 1.165) is 9.37 Å². The van der Waals surface area contributed by atoms with Gasteiger partial charge in [0.15, 0.2) is 0 Å². The number of amides is 3. The molecule has 0 saturated heterocycles. The van der Waals surface area contributed by atoms with Crippen LogP contribution in [0.2, 0.25) is 5.02 Å². The van der Waals surface area contributed by atoms with E-state index in [1.165, 1.54) is 4.90 Å². The van der Waals surface area contributed by atoms with E-state index in [9.17, 15) is 14.4 Å². The fourth-order valence-corrected chi connectivity index (χ4v) is 3.53. The lowest BCUT2D eigenvalue weighted by atomic mass is 10.1. The molecule has 4 rings (SSSR count). The molecule has 0 spiro atoms. The molecule has 7 heteroatoms. The highest BCUT2D eigenvalue weighted by Gasteiger charge is 2.37. The molecule has 0 unspecified atom stereocenters. The third-order valence-corrected chi connectivity index (χ3v) is 5.42. The zero-order valence-corrected chi connectivity index (χ0v) is 17.4. The monoisotopic (exact) mass is 468 g/mol. The average molecular weight is 470 g/mol. The van der Waals surface area contributed by atoms with E-state index in [1.54, 1.807) is 72.8 Å². The maximum absolute atomic E-state index is 13.2. The number of nitrogens with zero attached hydrogens (tertiary/aromatic N) is 2. The Labute approximate surface area is 180 Å². The Morgan fingerprint density at radius 3 is 1.97 bits per heavy atom. The highest BCUT2D eigenvalue weighted by molar-refractivity contribution is 9.10. The summed E-state index contributed by atoms with van der Waals surface area (Å²) in [5.74, 6) is -1.18. The van der Waals surface area contributed by atoms with Gasteiger partial charge in [-0.15, -0.1) is 0 Å². The first-order valence-corrected chi connectivity index (χ1v) is 9.91. The lowest BCUT2D eigenvalue weighted by Crippen LogP contribution is -2.44. The number of hydrogen-bond acceptors (Lipinski definition) is 3. The Bertz CT molecular complexity index is 1080. The summed E-state index contributed by atoms with van der Waals surface area (Å²) in [4.78, 5) is 41.3. The summed E-state index contributed by atoms with van der Waals surface area (Å²) in [7, 11) is 0. The Morgan fingerprint density at radius 2 is 1.41 bits per heavy atom. The third-order valence-electron chi connectivity index (χ3n) is 4.64. The molecule has 0 N–H and O–H groups in total. The second-order valence-corrected chi connectivity index (χ2v) is 7.79. The van der Waals surface area contributed by atoms with E-state index in [1.807, 2.05) is 0 Å². The number of halogens is 2. The predicted octanol–water partition coefficient (Wildman–Crippen LogP) is 5.00. The number of fused-ring (bicyclic) bond motifs is 1. The van der Waals surface area contributed by atoms with Crippen LogP contribution in [0.15, 0.2) is 77.3 Å². The minimum Gasteiger partial charge on any atom is -0.290 e. The molecule has 0 aliphatic carbocycles. The molecule has 144 valence electrons. The highest BCUT2D eigenvalue weighted by Crippen LogP contribution is 2.26. The molecule has 5 nitrogen and oxygen atoms in total. The molecular formula is C22H14BrClN2O3. The van der Waals surface area contributed by atoms with Crippen LogP contribution in [0.4, 0.5) is 5.69 Å². The topological polar surface area (TPSA) is 57.7 Å². The predicted molar refractivity (Wildman–Crippen MR) is 114 cm³/mol. The van der Waals surface area contributed by atoms with Crippen molar-refractivity contribution in [2.45, 2.75) is 0 Å². The zero-order chi connectivity index (χ0) is 20.5. The van der Waals surface area contributed by atoms with E-state index in [2.05, 4.69) is 15.9 Å². The summed E-state index contributed by atoms with van der Waals surface area (Å²) in [5.41, 5.74) is 1.63. The van der Waals surface area contributed by atoms with Gasteiger partial charge in [-0.25, -0.2) is 0 Å². The Hall–Kier alpha value is -2.96. The number of rotatable bonds is 4. The molecule has 0 saturated carbocycles. The Balaban J connectivity index is 1.70. The van der Waals surface area contributed by atoms with E-state index < -0.39 is 11.8 Å². The average Bonchev–Trinajstić information content (AvgIpc) is 2.98.